The van der Waals surface area contributed by atoms with Crippen LogP contribution in [0.3, 0.4) is 0 Å². The third kappa shape index (κ3) is 3.35. The highest BCUT2D eigenvalue weighted by Crippen LogP contribution is 2.43. The summed E-state index contributed by atoms with van der Waals surface area (Å²) in [6.45, 7) is 0. The maximum absolute atomic E-state index is 13.4. The Morgan fingerprint density at radius 1 is 1.13 bits per heavy atom. The number of hydrogen-bond acceptors (Lipinski definition) is 3. The zero-order valence-corrected chi connectivity index (χ0v) is 12.9. The first kappa shape index (κ1) is 17.7. The third-order valence-electron chi connectivity index (χ3n) is 2.83. The number of rotatable bonds is 3. The standard InChI is InChI=1S/C13H8ClF5N2OS/c1-23-11-20-9(12(15,16)13(17,18)19)6-10(22)21(11)8-4-2-7(14)3-5-8/h2-6H,1H3. The van der Waals surface area contributed by atoms with Gasteiger partial charge in [0.15, 0.2) is 5.16 Å². The third-order valence-corrected chi connectivity index (χ3v) is 3.72. The van der Waals surface area contributed by atoms with Gasteiger partial charge in [0.2, 0.25) is 0 Å². The van der Waals surface area contributed by atoms with Crippen molar-refractivity contribution in [2.24, 2.45) is 0 Å². The van der Waals surface area contributed by atoms with E-state index in [2.05, 4.69) is 4.98 Å². The average molecular weight is 371 g/mol. The van der Waals surface area contributed by atoms with Gasteiger partial charge in [0.25, 0.3) is 5.56 Å². The second-order valence-corrected chi connectivity index (χ2v) is 5.56. The summed E-state index contributed by atoms with van der Waals surface area (Å²) in [6, 6.07) is 5.93. The van der Waals surface area contributed by atoms with Gasteiger partial charge >= 0.3 is 12.1 Å². The lowest BCUT2D eigenvalue weighted by Gasteiger charge is -2.20. The molecule has 1 aromatic carbocycles. The van der Waals surface area contributed by atoms with E-state index in [9.17, 15) is 26.7 Å². The van der Waals surface area contributed by atoms with Gasteiger partial charge in [-0.1, -0.05) is 23.4 Å². The minimum Gasteiger partial charge on any atom is -0.269 e. The molecule has 10 heteroatoms. The number of alkyl halides is 5. The van der Waals surface area contributed by atoms with E-state index in [1.165, 1.54) is 30.5 Å². The van der Waals surface area contributed by atoms with Gasteiger partial charge in [0.1, 0.15) is 5.69 Å². The van der Waals surface area contributed by atoms with Gasteiger partial charge < -0.3 is 0 Å². The normalized spacial score (nSPS) is 12.5. The first-order chi connectivity index (χ1) is 10.6. The predicted octanol–water partition coefficient (Wildman–Crippen LogP) is 4.26. The number of nitrogens with zero attached hydrogens (tertiary/aromatic N) is 2. The Balaban J connectivity index is 2.66. The summed E-state index contributed by atoms with van der Waals surface area (Å²) in [7, 11) is 0. The zero-order chi connectivity index (χ0) is 17.4. The molecule has 0 unspecified atom stereocenters. The number of hydrogen-bond donors (Lipinski definition) is 0. The molecule has 0 atom stereocenters. The summed E-state index contributed by atoms with van der Waals surface area (Å²) in [4.78, 5) is 15.4. The van der Waals surface area contributed by atoms with Crippen LogP contribution in [0.5, 0.6) is 0 Å². The smallest absolute Gasteiger partial charge is 0.269 e. The molecule has 3 nitrogen and oxygen atoms in total. The Bertz CT molecular complexity index is 773. The van der Waals surface area contributed by atoms with Gasteiger partial charge in [-0.25, -0.2) is 4.98 Å². The van der Waals surface area contributed by atoms with Crippen molar-refractivity contribution in [3.05, 3.63) is 51.4 Å². The summed E-state index contributed by atoms with van der Waals surface area (Å²) >= 11 is 6.48. The Kier molecular flexibility index (Phi) is 4.72. The summed E-state index contributed by atoms with van der Waals surface area (Å²) in [5.74, 6) is -5.21. The van der Waals surface area contributed by atoms with Crippen molar-refractivity contribution >= 4 is 23.4 Å². The monoisotopic (exact) mass is 370 g/mol. The maximum atomic E-state index is 13.4. The van der Waals surface area contributed by atoms with Crippen LogP contribution in [0.1, 0.15) is 5.69 Å². The minimum atomic E-state index is -5.84. The molecular formula is C13H8ClF5N2OS. The second-order valence-electron chi connectivity index (χ2n) is 4.35. The number of thioether (sulfide) groups is 1. The topological polar surface area (TPSA) is 34.9 Å². The fourth-order valence-corrected chi connectivity index (χ4v) is 2.43. The average Bonchev–Trinajstić information content (AvgIpc) is 2.46. The Labute approximate surface area is 136 Å². The molecule has 0 N–H and O–H groups in total. The van der Waals surface area contributed by atoms with Crippen LogP contribution in [-0.2, 0) is 5.92 Å². The molecular weight excluding hydrogens is 363 g/mol. The van der Waals surface area contributed by atoms with Gasteiger partial charge in [-0.2, -0.15) is 22.0 Å². The SMILES string of the molecule is CSc1nc(C(F)(F)C(F)(F)F)cc(=O)n1-c1ccc(Cl)cc1. The summed E-state index contributed by atoms with van der Waals surface area (Å²) in [5.41, 5.74) is -2.44. The molecule has 124 valence electrons. The summed E-state index contributed by atoms with van der Waals surface area (Å²) < 4.78 is 65.0. The van der Waals surface area contributed by atoms with Crippen molar-refractivity contribution < 1.29 is 22.0 Å². The molecule has 2 rings (SSSR count). The van der Waals surface area contributed by atoms with Crippen LogP contribution in [-0.4, -0.2) is 22.0 Å². The molecule has 2 aromatic rings. The minimum absolute atomic E-state index is 0.182. The lowest BCUT2D eigenvalue weighted by Crippen LogP contribution is -2.37. The molecule has 23 heavy (non-hydrogen) atoms. The van der Waals surface area contributed by atoms with Crippen LogP contribution in [0.25, 0.3) is 5.69 Å². The van der Waals surface area contributed by atoms with E-state index in [1.54, 1.807) is 0 Å². The van der Waals surface area contributed by atoms with Crippen LogP contribution in [0.4, 0.5) is 22.0 Å². The molecule has 0 aliphatic carbocycles. The molecule has 0 amide bonds. The second kappa shape index (κ2) is 6.12. The molecule has 0 saturated carbocycles. The van der Waals surface area contributed by atoms with E-state index in [0.29, 0.717) is 5.02 Å². The van der Waals surface area contributed by atoms with Crippen molar-refractivity contribution in [3.8, 4) is 5.69 Å². The molecule has 0 spiro atoms. The van der Waals surface area contributed by atoms with Gasteiger partial charge in [-0.15, -0.1) is 0 Å². The van der Waals surface area contributed by atoms with Crippen molar-refractivity contribution in [1.82, 2.24) is 9.55 Å². The first-order valence-electron chi connectivity index (χ1n) is 5.97. The molecule has 1 aromatic heterocycles. The molecule has 1 heterocycles. The van der Waals surface area contributed by atoms with Gasteiger partial charge in [0.05, 0.1) is 5.69 Å². The molecule has 0 fully saturated rings. The highest BCUT2D eigenvalue weighted by Gasteiger charge is 2.60. The number of halogens is 6. The van der Waals surface area contributed by atoms with E-state index in [4.69, 9.17) is 11.6 Å². The van der Waals surface area contributed by atoms with E-state index in [1.807, 2.05) is 0 Å². The number of benzene rings is 1. The fraction of sp³-hybridized carbons (Fsp3) is 0.231. The van der Waals surface area contributed by atoms with E-state index in [0.717, 1.165) is 16.3 Å². The van der Waals surface area contributed by atoms with Gasteiger partial charge in [-0.3, -0.25) is 9.36 Å². The quantitative estimate of drug-likeness (QED) is 0.460. The molecule has 0 radical (unpaired) electrons. The summed E-state index contributed by atoms with van der Waals surface area (Å²) in [5, 5.41) is 0.0828. The molecule has 0 aliphatic heterocycles. The molecule has 0 aliphatic rings. The van der Waals surface area contributed by atoms with Crippen molar-refractivity contribution in [3.63, 3.8) is 0 Å². The molecule has 0 saturated heterocycles. The van der Waals surface area contributed by atoms with Crippen molar-refractivity contribution in [2.75, 3.05) is 6.26 Å². The molecule has 0 bridgehead atoms. The lowest BCUT2D eigenvalue weighted by atomic mass is 10.2. The fourth-order valence-electron chi connectivity index (χ4n) is 1.73. The van der Waals surface area contributed by atoms with Crippen molar-refractivity contribution in [1.29, 1.82) is 0 Å². The number of aromatic nitrogens is 2. The Morgan fingerprint density at radius 3 is 2.17 bits per heavy atom. The maximum Gasteiger partial charge on any atom is 0.459 e. The van der Waals surface area contributed by atoms with Gasteiger partial charge in [0, 0.05) is 11.1 Å². The highest BCUT2D eigenvalue weighted by atomic mass is 35.5. The van der Waals surface area contributed by atoms with E-state index < -0.39 is 23.4 Å². The van der Waals surface area contributed by atoms with Crippen LogP contribution in [0.2, 0.25) is 5.02 Å². The van der Waals surface area contributed by atoms with Crippen molar-refractivity contribution in [2.45, 2.75) is 17.3 Å². The Hall–Kier alpha value is -1.61. The van der Waals surface area contributed by atoms with E-state index in [-0.39, 0.29) is 16.9 Å². The Morgan fingerprint density at radius 2 is 1.70 bits per heavy atom. The predicted molar refractivity (Wildman–Crippen MR) is 76.6 cm³/mol. The largest absolute Gasteiger partial charge is 0.459 e. The van der Waals surface area contributed by atoms with Crippen LogP contribution >= 0.6 is 23.4 Å². The van der Waals surface area contributed by atoms with Crippen LogP contribution < -0.4 is 5.56 Å². The first-order valence-corrected chi connectivity index (χ1v) is 7.57. The summed E-state index contributed by atoms with van der Waals surface area (Å²) in [6.07, 6.45) is -4.43. The van der Waals surface area contributed by atoms with Crippen LogP contribution in [0.15, 0.2) is 40.3 Å². The zero-order valence-electron chi connectivity index (χ0n) is 11.4. The van der Waals surface area contributed by atoms with E-state index >= 15 is 0 Å². The van der Waals surface area contributed by atoms with Gasteiger partial charge in [-0.05, 0) is 30.5 Å². The lowest BCUT2D eigenvalue weighted by molar-refractivity contribution is -0.291. The van der Waals surface area contributed by atoms with Crippen LogP contribution in [0, 0.1) is 0 Å². The highest BCUT2D eigenvalue weighted by molar-refractivity contribution is 7.98.